The van der Waals surface area contributed by atoms with E-state index in [1.807, 2.05) is 30.3 Å². The van der Waals surface area contributed by atoms with Crippen LogP contribution in [0.2, 0.25) is 5.02 Å². The van der Waals surface area contributed by atoms with Crippen LogP contribution in [0, 0.1) is 0 Å². The van der Waals surface area contributed by atoms with Crippen LogP contribution in [0.4, 0.5) is 13.2 Å². The number of nitrogens with one attached hydrogen (secondary N) is 1. The second kappa shape index (κ2) is 9.18. The summed E-state index contributed by atoms with van der Waals surface area (Å²) in [4.78, 5) is 15.3. The molecule has 0 spiro atoms. The molecule has 2 aromatic carbocycles. The molecule has 2 atom stereocenters. The van der Waals surface area contributed by atoms with E-state index in [9.17, 15) is 18.0 Å². The van der Waals surface area contributed by atoms with Gasteiger partial charge in [0.25, 0.3) is 5.91 Å². The van der Waals surface area contributed by atoms with Crippen molar-refractivity contribution in [1.82, 2.24) is 10.2 Å². The molecule has 0 saturated carbocycles. The van der Waals surface area contributed by atoms with Crippen LogP contribution in [0.5, 0.6) is 0 Å². The first-order chi connectivity index (χ1) is 13.8. The summed E-state index contributed by atoms with van der Waals surface area (Å²) in [5.41, 5.74) is -0.244. The zero-order valence-electron chi connectivity index (χ0n) is 16.2. The Balaban J connectivity index is 1.93. The fourth-order valence-electron chi connectivity index (χ4n) is 3.99. The molecule has 0 radical (unpaired) electrons. The van der Waals surface area contributed by atoms with Gasteiger partial charge in [0.2, 0.25) is 0 Å². The maximum Gasteiger partial charge on any atom is 0.417 e. The third-order valence-electron chi connectivity index (χ3n) is 5.45. The Morgan fingerprint density at radius 3 is 2.55 bits per heavy atom. The minimum absolute atomic E-state index is 0.0738. The number of nitrogens with zero attached hydrogens (tertiary/aromatic N) is 1. The Morgan fingerprint density at radius 1 is 1.17 bits per heavy atom. The summed E-state index contributed by atoms with van der Waals surface area (Å²) in [6.07, 6.45) is -1.57. The van der Waals surface area contributed by atoms with Gasteiger partial charge in [-0.25, -0.2) is 0 Å². The summed E-state index contributed by atoms with van der Waals surface area (Å²) in [5.74, 6) is -0.600. The van der Waals surface area contributed by atoms with Gasteiger partial charge in [-0.3, -0.25) is 9.69 Å². The van der Waals surface area contributed by atoms with Crippen LogP contribution in [0.3, 0.4) is 0 Å². The summed E-state index contributed by atoms with van der Waals surface area (Å²) < 4.78 is 39.6. The normalized spacial score (nSPS) is 19.0. The molecular weight excluding hydrogens is 401 g/mol. The highest BCUT2D eigenvalue weighted by atomic mass is 35.5. The molecular formula is C22H24ClF3N2O. The molecule has 0 unspecified atom stereocenters. The lowest BCUT2D eigenvalue weighted by molar-refractivity contribution is -0.137. The summed E-state index contributed by atoms with van der Waals surface area (Å²) >= 11 is 5.97. The summed E-state index contributed by atoms with van der Waals surface area (Å²) in [6, 6.07) is 12.7. The van der Waals surface area contributed by atoms with Crippen molar-refractivity contribution in [2.24, 2.45) is 0 Å². The third-order valence-corrected chi connectivity index (χ3v) is 5.86. The van der Waals surface area contributed by atoms with Crippen molar-refractivity contribution in [1.29, 1.82) is 0 Å². The Labute approximate surface area is 173 Å². The molecule has 1 aliphatic rings. The number of hydrogen-bond donors (Lipinski definition) is 1. The van der Waals surface area contributed by atoms with E-state index < -0.39 is 22.7 Å². The Kier molecular flexibility index (Phi) is 6.85. The molecule has 0 bridgehead atoms. The number of hydrogen-bond acceptors (Lipinski definition) is 2. The molecule has 3 nitrogen and oxygen atoms in total. The number of likely N-dealkylation sites (tertiary alicyclic amines) is 1. The number of carbonyl (C=O) groups is 1. The largest absolute Gasteiger partial charge is 0.417 e. The number of amides is 1. The zero-order valence-corrected chi connectivity index (χ0v) is 16.9. The van der Waals surface area contributed by atoms with Gasteiger partial charge < -0.3 is 5.32 Å². The van der Waals surface area contributed by atoms with Crippen molar-refractivity contribution in [3.8, 4) is 0 Å². The van der Waals surface area contributed by atoms with E-state index in [4.69, 9.17) is 11.6 Å². The summed E-state index contributed by atoms with van der Waals surface area (Å²) in [5, 5.41) is 2.40. The molecule has 1 N–H and O–H groups in total. The Hall–Kier alpha value is -2.05. The predicted molar refractivity (Wildman–Crippen MR) is 108 cm³/mol. The van der Waals surface area contributed by atoms with Gasteiger partial charge in [-0.2, -0.15) is 13.2 Å². The maximum absolute atomic E-state index is 13.2. The molecule has 2 aromatic rings. The second-order valence-electron chi connectivity index (χ2n) is 7.22. The monoisotopic (exact) mass is 424 g/mol. The highest BCUT2D eigenvalue weighted by molar-refractivity contribution is 6.34. The molecule has 0 aliphatic carbocycles. The number of piperidine rings is 1. The van der Waals surface area contributed by atoms with Crippen molar-refractivity contribution >= 4 is 17.5 Å². The molecule has 1 saturated heterocycles. The Bertz CT molecular complexity index is 842. The van der Waals surface area contributed by atoms with E-state index in [0.717, 1.165) is 44.0 Å². The molecule has 1 fully saturated rings. The van der Waals surface area contributed by atoms with Gasteiger partial charge in [0.05, 0.1) is 22.2 Å². The van der Waals surface area contributed by atoms with Crippen LogP contribution in [0.15, 0.2) is 48.5 Å². The van der Waals surface area contributed by atoms with Crippen molar-refractivity contribution in [2.75, 3.05) is 13.1 Å². The van der Waals surface area contributed by atoms with E-state index in [1.54, 1.807) is 0 Å². The average Bonchev–Trinajstić information content (AvgIpc) is 2.71. The van der Waals surface area contributed by atoms with Crippen molar-refractivity contribution in [2.45, 2.75) is 44.4 Å². The number of halogens is 4. The van der Waals surface area contributed by atoms with Crippen molar-refractivity contribution < 1.29 is 18.0 Å². The van der Waals surface area contributed by atoms with E-state index in [-0.39, 0.29) is 17.6 Å². The fourth-order valence-corrected chi connectivity index (χ4v) is 4.31. The second-order valence-corrected chi connectivity index (χ2v) is 7.60. The van der Waals surface area contributed by atoms with Gasteiger partial charge in [0.1, 0.15) is 0 Å². The number of rotatable bonds is 5. The van der Waals surface area contributed by atoms with E-state index in [1.165, 1.54) is 12.1 Å². The lowest BCUT2D eigenvalue weighted by Crippen LogP contribution is -2.48. The van der Waals surface area contributed by atoms with Crippen LogP contribution in [-0.2, 0) is 6.18 Å². The molecule has 0 aromatic heterocycles. The van der Waals surface area contributed by atoms with Crippen molar-refractivity contribution in [3.63, 3.8) is 0 Å². The van der Waals surface area contributed by atoms with E-state index in [0.29, 0.717) is 0 Å². The molecule has 1 heterocycles. The zero-order chi connectivity index (χ0) is 21.0. The first-order valence-corrected chi connectivity index (χ1v) is 10.2. The number of benzene rings is 2. The molecule has 156 valence electrons. The quantitative estimate of drug-likeness (QED) is 0.667. The average molecular weight is 425 g/mol. The third kappa shape index (κ3) is 4.93. The lowest BCUT2D eigenvalue weighted by atomic mass is 9.90. The topological polar surface area (TPSA) is 32.3 Å². The van der Waals surface area contributed by atoms with Gasteiger partial charge in [-0.1, -0.05) is 61.3 Å². The molecule has 7 heteroatoms. The highest BCUT2D eigenvalue weighted by Gasteiger charge is 2.36. The predicted octanol–water partition coefficient (Wildman–Crippen LogP) is 5.70. The molecule has 1 aliphatic heterocycles. The molecule has 29 heavy (non-hydrogen) atoms. The Morgan fingerprint density at radius 2 is 1.90 bits per heavy atom. The minimum Gasteiger partial charge on any atom is -0.344 e. The van der Waals surface area contributed by atoms with E-state index in [2.05, 4.69) is 17.1 Å². The van der Waals surface area contributed by atoms with Crippen LogP contribution >= 0.6 is 11.6 Å². The van der Waals surface area contributed by atoms with Crippen LogP contribution in [-0.4, -0.2) is 29.9 Å². The van der Waals surface area contributed by atoms with Gasteiger partial charge in [-0.05, 0) is 43.6 Å². The van der Waals surface area contributed by atoms with E-state index >= 15 is 0 Å². The van der Waals surface area contributed by atoms with Crippen LogP contribution < -0.4 is 5.32 Å². The van der Waals surface area contributed by atoms with Crippen LogP contribution in [0.1, 0.15) is 53.7 Å². The lowest BCUT2D eigenvalue weighted by Gasteiger charge is -2.40. The number of alkyl halides is 3. The highest BCUT2D eigenvalue weighted by Crippen LogP contribution is 2.36. The molecule has 1 amide bonds. The fraction of sp³-hybridized carbons (Fsp3) is 0.409. The first kappa shape index (κ1) is 21.7. The maximum atomic E-state index is 13.2. The number of carbonyl (C=O) groups excluding carboxylic acids is 1. The summed E-state index contributed by atoms with van der Waals surface area (Å²) in [7, 11) is 0. The standard InChI is InChI=1S/C22H24ClF3N2O/c1-2-28-14-7-6-13-18(28)20(15-9-4-3-5-10-15)27-21(29)16-11-8-12-17(19(16)23)22(24,25)26/h3-5,8-12,18,20H,2,6-7,13-14H2,1H3,(H,27,29)/t18-,20-/m1/s1. The van der Waals surface area contributed by atoms with Gasteiger partial charge in [0.15, 0.2) is 0 Å². The smallest absolute Gasteiger partial charge is 0.344 e. The summed E-state index contributed by atoms with van der Waals surface area (Å²) in [6.45, 7) is 3.85. The van der Waals surface area contributed by atoms with Gasteiger partial charge in [-0.15, -0.1) is 0 Å². The van der Waals surface area contributed by atoms with Gasteiger partial charge in [0, 0.05) is 6.04 Å². The molecule has 3 rings (SSSR count). The first-order valence-electron chi connectivity index (χ1n) is 9.78. The van der Waals surface area contributed by atoms with Crippen LogP contribution in [0.25, 0.3) is 0 Å². The van der Waals surface area contributed by atoms with Crippen molar-refractivity contribution in [3.05, 3.63) is 70.2 Å². The number of likely N-dealkylation sites (N-methyl/N-ethyl adjacent to an activating group) is 1. The minimum atomic E-state index is -4.62. The SMILES string of the molecule is CCN1CCCC[C@@H]1[C@H](NC(=O)c1cccc(C(F)(F)F)c1Cl)c1ccccc1. The van der Waals surface area contributed by atoms with Gasteiger partial charge >= 0.3 is 6.18 Å².